The number of aliphatic hydroxyl groups excluding tert-OH is 1. The van der Waals surface area contributed by atoms with Crippen LogP contribution in [0.3, 0.4) is 0 Å². The number of benzene rings is 1. The second-order valence-corrected chi connectivity index (χ2v) is 4.42. The van der Waals surface area contributed by atoms with E-state index in [0.29, 0.717) is 25.3 Å². The van der Waals surface area contributed by atoms with Gasteiger partial charge in [-0.25, -0.2) is 0 Å². The molecule has 1 atom stereocenters. The first-order chi connectivity index (χ1) is 8.66. The molecule has 1 fully saturated rings. The summed E-state index contributed by atoms with van der Waals surface area (Å²) in [5, 5.41) is 10.1. The molecule has 1 amide bonds. The van der Waals surface area contributed by atoms with Crippen LogP contribution in [-0.4, -0.2) is 48.8 Å². The minimum absolute atomic E-state index is 0.454. The van der Waals surface area contributed by atoms with E-state index in [0.717, 1.165) is 18.7 Å². The van der Waals surface area contributed by atoms with Gasteiger partial charge in [0.1, 0.15) is 0 Å². The highest BCUT2D eigenvalue weighted by molar-refractivity contribution is 5.92. The first-order valence-electron chi connectivity index (χ1n) is 6.05. The van der Waals surface area contributed by atoms with Gasteiger partial charge in [-0.2, -0.15) is 0 Å². The number of β-amino-alcohol motifs (C(OH)–C–C–N with tert-alkyl or cyclic N) is 1. The number of morpholine rings is 1. The summed E-state index contributed by atoms with van der Waals surface area (Å²) in [6.45, 7) is 3.70. The van der Waals surface area contributed by atoms with Crippen molar-refractivity contribution in [2.24, 2.45) is 5.73 Å². The topological polar surface area (TPSA) is 75.8 Å². The summed E-state index contributed by atoms with van der Waals surface area (Å²) in [6, 6.07) is 6.76. The first-order valence-corrected chi connectivity index (χ1v) is 6.05. The summed E-state index contributed by atoms with van der Waals surface area (Å²) in [7, 11) is 0. The van der Waals surface area contributed by atoms with Crippen molar-refractivity contribution in [1.29, 1.82) is 0 Å². The van der Waals surface area contributed by atoms with E-state index in [-0.39, 0.29) is 0 Å². The molecule has 1 saturated heterocycles. The summed E-state index contributed by atoms with van der Waals surface area (Å²) in [4.78, 5) is 13.1. The maximum absolute atomic E-state index is 10.9. The van der Waals surface area contributed by atoms with Crippen molar-refractivity contribution in [3.05, 3.63) is 35.4 Å². The maximum atomic E-state index is 10.9. The van der Waals surface area contributed by atoms with Gasteiger partial charge >= 0.3 is 0 Å². The summed E-state index contributed by atoms with van der Waals surface area (Å²) < 4.78 is 5.25. The lowest BCUT2D eigenvalue weighted by Crippen LogP contribution is -2.38. The average Bonchev–Trinajstić information content (AvgIpc) is 2.40. The first kappa shape index (κ1) is 13.0. The highest BCUT2D eigenvalue weighted by Gasteiger charge is 2.16. The maximum Gasteiger partial charge on any atom is 0.248 e. The molecular formula is C13H18N2O3. The fourth-order valence-corrected chi connectivity index (χ4v) is 2.00. The normalized spacial score (nSPS) is 18.5. The van der Waals surface area contributed by atoms with E-state index >= 15 is 0 Å². The zero-order chi connectivity index (χ0) is 13.0. The van der Waals surface area contributed by atoms with Crippen LogP contribution >= 0.6 is 0 Å². The molecule has 0 aliphatic carbocycles. The molecule has 98 valence electrons. The van der Waals surface area contributed by atoms with Crippen LogP contribution in [0.1, 0.15) is 22.0 Å². The Kier molecular flexibility index (Phi) is 4.30. The number of primary amides is 1. The molecule has 1 aliphatic heterocycles. The van der Waals surface area contributed by atoms with Crippen LogP contribution in [0.2, 0.25) is 0 Å². The van der Waals surface area contributed by atoms with Crippen molar-refractivity contribution >= 4 is 5.91 Å². The van der Waals surface area contributed by atoms with Crippen molar-refractivity contribution in [2.45, 2.75) is 6.10 Å². The van der Waals surface area contributed by atoms with Gasteiger partial charge in [0.15, 0.2) is 0 Å². The number of nitrogens with zero attached hydrogens (tertiary/aromatic N) is 1. The SMILES string of the molecule is NC(=O)c1ccc(C(O)CN2CCOCC2)cc1. The van der Waals surface area contributed by atoms with E-state index < -0.39 is 12.0 Å². The standard InChI is InChI=1S/C13H18N2O3/c14-13(17)11-3-1-10(2-4-11)12(16)9-15-5-7-18-8-6-15/h1-4,12,16H,5-9H2,(H2,14,17). The van der Waals surface area contributed by atoms with Crippen LogP contribution < -0.4 is 5.73 Å². The molecule has 1 unspecified atom stereocenters. The molecule has 0 radical (unpaired) electrons. The van der Waals surface area contributed by atoms with Gasteiger partial charge in [-0.05, 0) is 17.7 Å². The molecule has 0 bridgehead atoms. The minimum Gasteiger partial charge on any atom is -0.387 e. The van der Waals surface area contributed by atoms with Crippen molar-refractivity contribution in [3.8, 4) is 0 Å². The summed E-state index contributed by atoms with van der Waals surface area (Å²) in [5.74, 6) is -0.454. The molecule has 1 heterocycles. The fourth-order valence-electron chi connectivity index (χ4n) is 2.00. The molecule has 3 N–H and O–H groups in total. The Morgan fingerprint density at radius 3 is 2.50 bits per heavy atom. The lowest BCUT2D eigenvalue weighted by atomic mass is 10.1. The van der Waals surface area contributed by atoms with E-state index in [1.54, 1.807) is 24.3 Å². The van der Waals surface area contributed by atoms with E-state index in [2.05, 4.69) is 4.90 Å². The Hall–Kier alpha value is -1.43. The minimum atomic E-state index is -0.551. The molecule has 5 nitrogen and oxygen atoms in total. The number of carbonyl (C=O) groups is 1. The molecule has 1 aromatic carbocycles. The molecular weight excluding hydrogens is 232 g/mol. The van der Waals surface area contributed by atoms with Gasteiger partial charge in [-0.1, -0.05) is 12.1 Å². The summed E-state index contributed by atoms with van der Waals surface area (Å²) in [5.41, 5.74) is 6.42. The molecule has 1 aliphatic rings. The number of hydrogen-bond donors (Lipinski definition) is 2. The van der Waals surface area contributed by atoms with E-state index in [4.69, 9.17) is 10.5 Å². The smallest absolute Gasteiger partial charge is 0.248 e. The average molecular weight is 250 g/mol. The Bertz CT molecular complexity index is 399. The fraction of sp³-hybridized carbons (Fsp3) is 0.462. The number of ether oxygens (including phenoxy) is 1. The van der Waals surface area contributed by atoms with Crippen LogP contribution in [0.5, 0.6) is 0 Å². The Morgan fingerprint density at radius 2 is 1.94 bits per heavy atom. The number of amides is 1. The van der Waals surface area contributed by atoms with Crippen LogP contribution in [0, 0.1) is 0 Å². The zero-order valence-electron chi connectivity index (χ0n) is 10.2. The predicted octanol–water partition coefficient (Wildman–Crippen LogP) is 0.151. The molecule has 2 rings (SSSR count). The van der Waals surface area contributed by atoms with Gasteiger partial charge in [-0.15, -0.1) is 0 Å². The molecule has 5 heteroatoms. The zero-order valence-corrected chi connectivity index (χ0v) is 10.2. The van der Waals surface area contributed by atoms with Crippen LogP contribution in [-0.2, 0) is 4.74 Å². The third-order valence-corrected chi connectivity index (χ3v) is 3.11. The highest BCUT2D eigenvalue weighted by atomic mass is 16.5. The monoisotopic (exact) mass is 250 g/mol. The molecule has 0 spiro atoms. The number of nitrogens with two attached hydrogens (primary N) is 1. The number of rotatable bonds is 4. The van der Waals surface area contributed by atoms with Crippen LogP contribution in [0.4, 0.5) is 0 Å². The number of hydrogen-bond acceptors (Lipinski definition) is 4. The van der Waals surface area contributed by atoms with E-state index in [1.807, 2.05) is 0 Å². The molecule has 0 aromatic heterocycles. The van der Waals surface area contributed by atoms with Gasteiger partial charge in [0.25, 0.3) is 0 Å². The van der Waals surface area contributed by atoms with Crippen molar-refractivity contribution < 1.29 is 14.6 Å². The molecule has 1 aromatic rings. The molecule has 0 saturated carbocycles. The second-order valence-electron chi connectivity index (χ2n) is 4.42. The van der Waals surface area contributed by atoms with Crippen LogP contribution in [0.15, 0.2) is 24.3 Å². The van der Waals surface area contributed by atoms with E-state index in [9.17, 15) is 9.90 Å². The van der Waals surface area contributed by atoms with Crippen molar-refractivity contribution in [3.63, 3.8) is 0 Å². The van der Waals surface area contributed by atoms with E-state index in [1.165, 1.54) is 0 Å². The summed E-state index contributed by atoms with van der Waals surface area (Å²) >= 11 is 0. The number of carbonyl (C=O) groups excluding carboxylic acids is 1. The third kappa shape index (κ3) is 3.29. The number of aliphatic hydroxyl groups is 1. The largest absolute Gasteiger partial charge is 0.387 e. The van der Waals surface area contributed by atoms with Gasteiger partial charge in [-0.3, -0.25) is 9.69 Å². The van der Waals surface area contributed by atoms with Gasteiger partial charge in [0.2, 0.25) is 5.91 Å². The van der Waals surface area contributed by atoms with Crippen molar-refractivity contribution in [2.75, 3.05) is 32.8 Å². The highest BCUT2D eigenvalue weighted by Crippen LogP contribution is 2.15. The van der Waals surface area contributed by atoms with Gasteiger partial charge < -0.3 is 15.6 Å². The Balaban J connectivity index is 1.95. The second kappa shape index (κ2) is 5.95. The van der Waals surface area contributed by atoms with Gasteiger partial charge in [0.05, 0.1) is 19.3 Å². The van der Waals surface area contributed by atoms with Crippen molar-refractivity contribution in [1.82, 2.24) is 4.90 Å². The Labute approximate surface area is 106 Å². The third-order valence-electron chi connectivity index (χ3n) is 3.11. The lowest BCUT2D eigenvalue weighted by Gasteiger charge is -2.28. The Morgan fingerprint density at radius 1 is 1.33 bits per heavy atom. The predicted molar refractivity (Wildman–Crippen MR) is 67.2 cm³/mol. The lowest BCUT2D eigenvalue weighted by molar-refractivity contribution is 0.0143. The molecule has 18 heavy (non-hydrogen) atoms. The van der Waals surface area contributed by atoms with Gasteiger partial charge in [0, 0.05) is 25.2 Å². The van der Waals surface area contributed by atoms with Crippen LogP contribution in [0.25, 0.3) is 0 Å². The summed E-state index contributed by atoms with van der Waals surface area (Å²) in [6.07, 6.45) is -0.551. The quantitative estimate of drug-likeness (QED) is 0.797.